The molecule has 0 unspecified atom stereocenters. The second-order valence-corrected chi connectivity index (χ2v) is 5.69. The highest BCUT2D eigenvalue weighted by Crippen LogP contribution is 2.29. The Morgan fingerprint density at radius 3 is 2.73 bits per heavy atom. The Bertz CT molecular complexity index is 754. The summed E-state index contributed by atoms with van der Waals surface area (Å²) in [6.07, 6.45) is 5.62. The van der Waals surface area contributed by atoms with Crippen molar-refractivity contribution in [3.05, 3.63) is 82.4 Å². The van der Waals surface area contributed by atoms with Gasteiger partial charge in [-0.3, -0.25) is 4.98 Å². The first-order chi connectivity index (χ1) is 10.8. The molecule has 0 bridgehead atoms. The van der Waals surface area contributed by atoms with Crippen LogP contribution in [0.15, 0.2) is 61.1 Å². The Labute approximate surface area is 139 Å². The number of nitrogens with zero attached hydrogens (tertiary/aromatic N) is 2. The van der Waals surface area contributed by atoms with Crippen molar-refractivity contribution in [1.29, 1.82) is 0 Å². The molecule has 22 heavy (non-hydrogen) atoms. The van der Waals surface area contributed by atoms with Crippen molar-refractivity contribution in [2.24, 2.45) is 0 Å². The summed E-state index contributed by atoms with van der Waals surface area (Å²) in [5.41, 5.74) is 3.16. The zero-order valence-electron chi connectivity index (χ0n) is 11.8. The third-order valence-electron chi connectivity index (χ3n) is 3.38. The molecule has 1 aromatic carbocycles. The van der Waals surface area contributed by atoms with E-state index < -0.39 is 0 Å². The fraction of sp³-hybridized carbons (Fsp3) is 0.118. The summed E-state index contributed by atoms with van der Waals surface area (Å²) in [5, 5.41) is 4.53. The van der Waals surface area contributed by atoms with Gasteiger partial charge in [-0.15, -0.1) is 0 Å². The lowest BCUT2D eigenvalue weighted by Crippen LogP contribution is -2.15. The summed E-state index contributed by atoms with van der Waals surface area (Å²) in [4.78, 5) is 4.11. The molecule has 0 atom stereocenters. The standard InChI is InChI=1S/C17H15Cl2N3/c18-15-6-1-7-16(17(15)19)22-9-3-5-14(22)12-21-11-13-4-2-8-20-10-13/h1-10,21H,11-12H2. The van der Waals surface area contributed by atoms with Crippen LogP contribution < -0.4 is 5.32 Å². The van der Waals surface area contributed by atoms with E-state index in [0.29, 0.717) is 10.0 Å². The molecule has 0 aliphatic carbocycles. The third-order valence-corrected chi connectivity index (χ3v) is 4.19. The van der Waals surface area contributed by atoms with Crippen molar-refractivity contribution in [3.8, 4) is 5.69 Å². The van der Waals surface area contributed by atoms with Crippen molar-refractivity contribution in [2.45, 2.75) is 13.1 Å². The smallest absolute Gasteiger partial charge is 0.0832 e. The van der Waals surface area contributed by atoms with Gasteiger partial charge in [-0.25, -0.2) is 0 Å². The SMILES string of the molecule is Clc1cccc(-n2cccc2CNCc2cccnc2)c1Cl. The number of hydrogen-bond acceptors (Lipinski definition) is 2. The molecule has 2 aromatic heterocycles. The molecule has 1 N–H and O–H groups in total. The maximum atomic E-state index is 6.31. The van der Waals surface area contributed by atoms with Gasteiger partial charge < -0.3 is 9.88 Å². The minimum absolute atomic E-state index is 0.558. The monoisotopic (exact) mass is 331 g/mol. The highest BCUT2D eigenvalue weighted by Gasteiger charge is 2.09. The van der Waals surface area contributed by atoms with Gasteiger partial charge in [-0.1, -0.05) is 35.3 Å². The van der Waals surface area contributed by atoms with Crippen LogP contribution in [0.3, 0.4) is 0 Å². The van der Waals surface area contributed by atoms with Crippen LogP contribution in [0.25, 0.3) is 5.69 Å². The van der Waals surface area contributed by atoms with Crippen LogP contribution in [0.1, 0.15) is 11.3 Å². The summed E-state index contributed by atoms with van der Waals surface area (Å²) in [6, 6.07) is 13.7. The maximum absolute atomic E-state index is 6.31. The van der Waals surface area contributed by atoms with E-state index in [1.54, 1.807) is 12.3 Å². The average molecular weight is 332 g/mol. The maximum Gasteiger partial charge on any atom is 0.0832 e. The van der Waals surface area contributed by atoms with Crippen molar-refractivity contribution < 1.29 is 0 Å². The molecule has 112 valence electrons. The van der Waals surface area contributed by atoms with Crippen molar-refractivity contribution in [1.82, 2.24) is 14.9 Å². The van der Waals surface area contributed by atoms with Crippen LogP contribution in [0.5, 0.6) is 0 Å². The minimum atomic E-state index is 0.558. The van der Waals surface area contributed by atoms with Crippen molar-refractivity contribution in [2.75, 3.05) is 0 Å². The van der Waals surface area contributed by atoms with Crippen LogP contribution in [0.2, 0.25) is 10.0 Å². The average Bonchev–Trinajstić information content (AvgIpc) is 2.99. The Morgan fingerprint density at radius 2 is 1.91 bits per heavy atom. The third kappa shape index (κ3) is 3.33. The van der Waals surface area contributed by atoms with E-state index in [0.717, 1.165) is 30.0 Å². The highest BCUT2D eigenvalue weighted by atomic mass is 35.5. The van der Waals surface area contributed by atoms with Crippen molar-refractivity contribution in [3.63, 3.8) is 0 Å². The molecule has 3 nitrogen and oxygen atoms in total. The van der Waals surface area contributed by atoms with Crippen LogP contribution >= 0.6 is 23.2 Å². The first-order valence-corrected chi connectivity index (χ1v) is 7.71. The van der Waals surface area contributed by atoms with Gasteiger partial charge in [-0.2, -0.15) is 0 Å². The summed E-state index contributed by atoms with van der Waals surface area (Å²) in [5.74, 6) is 0. The van der Waals surface area contributed by atoms with Crippen LogP contribution in [-0.2, 0) is 13.1 Å². The van der Waals surface area contributed by atoms with Gasteiger partial charge in [0.2, 0.25) is 0 Å². The molecule has 0 saturated carbocycles. The van der Waals surface area contributed by atoms with Gasteiger partial charge in [0.25, 0.3) is 0 Å². The molecular weight excluding hydrogens is 317 g/mol. The van der Waals surface area contributed by atoms with E-state index in [1.807, 2.05) is 47.3 Å². The van der Waals surface area contributed by atoms with E-state index in [-0.39, 0.29) is 0 Å². The predicted octanol–water partition coefficient (Wildman–Crippen LogP) is 4.47. The van der Waals surface area contributed by atoms with E-state index in [1.165, 1.54) is 0 Å². The van der Waals surface area contributed by atoms with E-state index in [9.17, 15) is 0 Å². The predicted molar refractivity (Wildman–Crippen MR) is 90.6 cm³/mol. The Hall–Kier alpha value is -1.81. The number of benzene rings is 1. The Morgan fingerprint density at radius 1 is 1.00 bits per heavy atom. The first-order valence-electron chi connectivity index (χ1n) is 6.96. The number of pyridine rings is 1. The minimum Gasteiger partial charge on any atom is -0.318 e. The summed E-state index contributed by atoms with van der Waals surface area (Å²) in [6.45, 7) is 1.49. The zero-order valence-corrected chi connectivity index (χ0v) is 13.3. The van der Waals surface area contributed by atoms with Gasteiger partial charge in [0.15, 0.2) is 0 Å². The second kappa shape index (κ2) is 6.97. The molecule has 0 amide bonds. The molecule has 0 radical (unpaired) electrons. The van der Waals surface area contributed by atoms with Gasteiger partial charge in [0.05, 0.1) is 15.7 Å². The van der Waals surface area contributed by atoms with Crippen LogP contribution in [0.4, 0.5) is 0 Å². The van der Waals surface area contributed by atoms with Crippen LogP contribution in [-0.4, -0.2) is 9.55 Å². The van der Waals surface area contributed by atoms with E-state index in [2.05, 4.69) is 16.4 Å². The van der Waals surface area contributed by atoms with Gasteiger partial charge in [-0.05, 0) is 35.9 Å². The van der Waals surface area contributed by atoms with Gasteiger partial charge in [0.1, 0.15) is 0 Å². The Balaban J connectivity index is 1.74. The Kier molecular flexibility index (Phi) is 4.78. The zero-order chi connectivity index (χ0) is 15.4. The van der Waals surface area contributed by atoms with E-state index in [4.69, 9.17) is 23.2 Å². The largest absolute Gasteiger partial charge is 0.318 e. The quantitative estimate of drug-likeness (QED) is 0.747. The van der Waals surface area contributed by atoms with Gasteiger partial charge >= 0.3 is 0 Å². The summed E-state index contributed by atoms with van der Waals surface area (Å²) < 4.78 is 2.05. The molecule has 3 rings (SSSR count). The summed E-state index contributed by atoms with van der Waals surface area (Å²) in [7, 11) is 0. The molecule has 5 heteroatoms. The lowest BCUT2D eigenvalue weighted by atomic mass is 10.3. The fourth-order valence-electron chi connectivity index (χ4n) is 2.31. The number of aromatic nitrogens is 2. The summed E-state index contributed by atoms with van der Waals surface area (Å²) >= 11 is 12.4. The lowest BCUT2D eigenvalue weighted by molar-refractivity contribution is 0.668. The second-order valence-electron chi connectivity index (χ2n) is 4.91. The molecular formula is C17H15Cl2N3. The molecule has 0 spiro atoms. The number of nitrogens with one attached hydrogen (secondary N) is 1. The molecule has 0 aliphatic rings. The van der Waals surface area contributed by atoms with Crippen molar-refractivity contribution >= 4 is 23.2 Å². The normalized spacial score (nSPS) is 10.8. The highest BCUT2D eigenvalue weighted by molar-refractivity contribution is 6.43. The van der Waals surface area contributed by atoms with Crippen LogP contribution in [0, 0.1) is 0 Å². The van der Waals surface area contributed by atoms with Gasteiger partial charge in [0, 0.05) is 37.4 Å². The lowest BCUT2D eigenvalue weighted by Gasteiger charge is -2.12. The molecule has 0 aliphatic heterocycles. The number of hydrogen-bond donors (Lipinski definition) is 1. The van der Waals surface area contributed by atoms with E-state index >= 15 is 0 Å². The molecule has 0 saturated heterocycles. The number of rotatable bonds is 5. The number of halogens is 2. The topological polar surface area (TPSA) is 29.9 Å². The molecule has 3 aromatic rings. The molecule has 2 heterocycles. The first kappa shape index (κ1) is 15.1. The molecule has 0 fully saturated rings. The fourth-order valence-corrected chi connectivity index (χ4v) is 2.70.